The predicted molar refractivity (Wildman–Crippen MR) is 197 cm³/mol. The molecule has 3 atom stereocenters. The van der Waals surface area contributed by atoms with E-state index in [2.05, 4.69) is 4.98 Å². The third-order valence-electron chi connectivity index (χ3n) is 10.4. The number of benzene rings is 1. The van der Waals surface area contributed by atoms with Crippen molar-refractivity contribution in [2.45, 2.75) is 102 Å². The minimum atomic E-state index is -4.90. The largest absolute Gasteiger partial charge is 0.493 e. The fourth-order valence-corrected chi connectivity index (χ4v) is 7.60. The molecule has 4 rings (SSSR count). The lowest BCUT2D eigenvalue weighted by Gasteiger charge is -2.49. The van der Waals surface area contributed by atoms with E-state index in [1.54, 1.807) is 45.0 Å². The Morgan fingerprint density at radius 3 is 2.36 bits per heavy atom. The number of halogens is 6. The number of hydrogen-bond acceptors (Lipinski definition) is 8. The van der Waals surface area contributed by atoms with Crippen LogP contribution in [0.1, 0.15) is 99.0 Å². The van der Waals surface area contributed by atoms with E-state index in [0.717, 1.165) is 28.7 Å². The average Bonchev–Trinajstić information content (AvgIpc) is 3.63. The number of nitrogens with zero attached hydrogens (tertiary/aromatic N) is 3. The molecular weight excluding hydrogens is 767 g/mol. The summed E-state index contributed by atoms with van der Waals surface area (Å²) in [6, 6.07) is 7.27. The van der Waals surface area contributed by atoms with Crippen molar-refractivity contribution in [3.05, 3.63) is 75.7 Å². The van der Waals surface area contributed by atoms with Crippen LogP contribution in [0.25, 0.3) is 0 Å². The summed E-state index contributed by atoms with van der Waals surface area (Å²) >= 11 is 0.365. The molecule has 1 aromatic carbocycles. The molecule has 56 heavy (non-hydrogen) atoms. The van der Waals surface area contributed by atoms with Crippen molar-refractivity contribution in [3.63, 3.8) is 0 Å². The minimum Gasteiger partial charge on any atom is -0.493 e. The second kappa shape index (κ2) is 17.4. The van der Waals surface area contributed by atoms with Gasteiger partial charge in [-0.2, -0.15) is 26.3 Å². The number of alkyl halides is 6. The number of amides is 2. The van der Waals surface area contributed by atoms with Gasteiger partial charge in [-0.1, -0.05) is 38.5 Å². The number of para-hydroxylation sites is 1. The van der Waals surface area contributed by atoms with Crippen molar-refractivity contribution >= 4 is 29.1 Å². The lowest BCUT2D eigenvalue weighted by Crippen LogP contribution is -2.67. The van der Waals surface area contributed by atoms with Gasteiger partial charge in [0.05, 0.1) is 29.2 Å². The van der Waals surface area contributed by atoms with Crippen molar-refractivity contribution < 1.29 is 55.3 Å². The van der Waals surface area contributed by atoms with Crippen molar-refractivity contribution in [2.24, 2.45) is 11.1 Å². The number of carboxylic acids is 1. The summed E-state index contributed by atoms with van der Waals surface area (Å²) in [5.74, 6) is -2.53. The summed E-state index contributed by atoms with van der Waals surface area (Å²) in [4.78, 5) is 45.8. The zero-order valence-electron chi connectivity index (χ0n) is 31.9. The van der Waals surface area contributed by atoms with E-state index in [0.29, 0.717) is 41.6 Å². The molecule has 1 fully saturated rings. The molecule has 1 unspecified atom stereocenters. The zero-order valence-corrected chi connectivity index (χ0v) is 32.7. The topological polar surface area (TPSA) is 135 Å². The van der Waals surface area contributed by atoms with Crippen LogP contribution in [-0.4, -0.2) is 76.1 Å². The molecule has 0 saturated carbocycles. The molecule has 0 aliphatic carbocycles. The molecule has 308 valence electrons. The van der Waals surface area contributed by atoms with Crippen LogP contribution in [0.3, 0.4) is 0 Å². The second-order valence-corrected chi connectivity index (χ2v) is 15.6. The molecule has 0 spiro atoms. The molecular formula is C39H48F6N4O6S. The summed E-state index contributed by atoms with van der Waals surface area (Å²) in [6.45, 7) is 6.82. The molecule has 0 bridgehead atoms. The van der Waals surface area contributed by atoms with Gasteiger partial charge >= 0.3 is 18.3 Å². The molecule has 0 radical (unpaired) electrons. The van der Waals surface area contributed by atoms with Crippen LogP contribution < -0.4 is 15.2 Å². The lowest BCUT2D eigenvalue weighted by atomic mass is 9.79. The highest BCUT2D eigenvalue weighted by Crippen LogP contribution is 2.43. The Hall–Kier alpha value is -4.38. The number of thiophene rings is 1. The third-order valence-corrected chi connectivity index (χ3v) is 11.4. The molecule has 10 nitrogen and oxygen atoms in total. The molecule has 1 aliphatic heterocycles. The standard InChI is InChI=1S/C39H48F6N4O6S/c1-6-11-30-37(55-25-22-31(56-24-25)39(43,44)45,15-10-19-49(30)32(50)26-23-47-18-14-27(26)38(40,41)42)33(51)48(5)20-16-36(46,7-2)28-12-8-9-13-29(28)54-21-17-35(3,4)34(52)53/h8-9,12-14,18,22-24,30H,6-7,10-11,15-17,19-21,46H2,1-5H3,(H,52,53)/t30-,36?,37+/m1/s1. The highest BCUT2D eigenvalue weighted by molar-refractivity contribution is 7.10. The van der Waals surface area contributed by atoms with Gasteiger partial charge in [-0.25, -0.2) is 0 Å². The lowest BCUT2D eigenvalue weighted by molar-refractivity contribution is -0.158. The number of nitrogens with two attached hydrogens (primary N) is 1. The molecule has 1 aliphatic rings. The predicted octanol–water partition coefficient (Wildman–Crippen LogP) is 8.40. The number of rotatable bonds is 16. The van der Waals surface area contributed by atoms with E-state index in [9.17, 15) is 45.8 Å². The maximum Gasteiger partial charge on any atom is 0.425 e. The Morgan fingerprint density at radius 1 is 1.05 bits per heavy atom. The number of carbonyl (C=O) groups is 3. The number of likely N-dealkylation sites (tertiary alicyclic amines) is 1. The van der Waals surface area contributed by atoms with E-state index in [-0.39, 0.29) is 57.6 Å². The van der Waals surface area contributed by atoms with Crippen LogP contribution in [0.5, 0.6) is 11.5 Å². The Labute approximate surface area is 326 Å². The molecule has 17 heteroatoms. The SMILES string of the molecule is CCC[C@H]1N(C(=O)c2cnccc2C(F)(F)F)CCC[C@@]1(Oc1csc(C(F)(F)F)c1)C(=O)N(C)CCC(N)(CC)c1ccccc1OCCC(C)(C)C(=O)O. The van der Waals surface area contributed by atoms with Gasteiger partial charge in [-0.3, -0.25) is 19.4 Å². The van der Waals surface area contributed by atoms with E-state index in [1.165, 1.54) is 11.9 Å². The Kier molecular flexibility index (Phi) is 13.8. The van der Waals surface area contributed by atoms with Crippen LogP contribution in [0, 0.1) is 5.41 Å². The number of ether oxygens (including phenoxy) is 2. The quantitative estimate of drug-likeness (QED) is 0.138. The number of hydrogen-bond donors (Lipinski definition) is 2. The van der Waals surface area contributed by atoms with E-state index < -0.39 is 68.7 Å². The van der Waals surface area contributed by atoms with Gasteiger partial charge in [0.2, 0.25) is 5.60 Å². The first kappa shape index (κ1) is 44.3. The van der Waals surface area contributed by atoms with Crippen molar-refractivity contribution in [2.75, 3.05) is 26.7 Å². The summed E-state index contributed by atoms with van der Waals surface area (Å²) < 4.78 is 95.7. The average molecular weight is 815 g/mol. The van der Waals surface area contributed by atoms with Crippen LogP contribution in [0.4, 0.5) is 26.3 Å². The number of carbonyl (C=O) groups excluding carboxylic acids is 2. The third kappa shape index (κ3) is 9.76. The molecule has 2 aromatic heterocycles. The van der Waals surface area contributed by atoms with Gasteiger partial charge in [0.1, 0.15) is 16.4 Å². The maximum atomic E-state index is 14.9. The van der Waals surface area contributed by atoms with Crippen LogP contribution >= 0.6 is 11.3 Å². The first-order valence-corrected chi connectivity index (χ1v) is 19.2. The van der Waals surface area contributed by atoms with Crippen LogP contribution in [0.2, 0.25) is 0 Å². The van der Waals surface area contributed by atoms with Gasteiger partial charge in [0.25, 0.3) is 11.8 Å². The molecule has 2 amide bonds. The van der Waals surface area contributed by atoms with E-state index >= 15 is 0 Å². The van der Waals surface area contributed by atoms with Crippen LogP contribution in [0.15, 0.2) is 54.2 Å². The van der Waals surface area contributed by atoms with Gasteiger partial charge in [-0.15, -0.1) is 11.3 Å². The first-order chi connectivity index (χ1) is 26.1. The van der Waals surface area contributed by atoms with Gasteiger partial charge < -0.3 is 30.1 Å². The number of carboxylic acid groups (broad SMARTS) is 1. The Balaban J connectivity index is 1.71. The molecule has 3 aromatic rings. The minimum absolute atomic E-state index is 0.000278. The summed E-state index contributed by atoms with van der Waals surface area (Å²) in [5, 5.41) is 10.6. The summed E-state index contributed by atoms with van der Waals surface area (Å²) in [6.07, 6.45) is -6.68. The first-order valence-electron chi connectivity index (χ1n) is 18.3. The Morgan fingerprint density at radius 2 is 1.75 bits per heavy atom. The van der Waals surface area contributed by atoms with Gasteiger partial charge in [-0.05, 0) is 58.1 Å². The fourth-order valence-electron chi connectivity index (χ4n) is 6.92. The zero-order chi connectivity index (χ0) is 41.7. The molecule has 1 saturated heterocycles. The summed E-state index contributed by atoms with van der Waals surface area (Å²) in [5.41, 5.74) is 1.56. The van der Waals surface area contributed by atoms with Gasteiger partial charge in [0, 0.05) is 61.5 Å². The number of pyridine rings is 1. The monoisotopic (exact) mass is 814 g/mol. The Bertz CT molecular complexity index is 1850. The van der Waals surface area contributed by atoms with Crippen molar-refractivity contribution in [1.82, 2.24) is 14.8 Å². The number of aromatic nitrogens is 1. The number of aliphatic carboxylic acids is 1. The van der Waals surface area contributed by atoms with Crippen LogP contribution in [-0.2, 0) is 27.5 Å². The van der Waals surface area contributed by atoms with Gasteiger partial charge in [0.15, 0.2) is 0 Å². The number of likely N-dealkylation sites (N-methyl/N-ethyl adjacent to an activating group) is 1. The van der Waals surface area contributed by atoms with E-state index in [1.807, 2.05) is 6.92 Å². The van der Waals surface area contributed by atoms with Crippen molar-refractivity contribution in [1.29, 1.82) is 0 Å². The summed E-state index contributed by atoms with van der Waals surface area (Å²) in [7, 11) is 1.47. The maximum absolute atomic E-state index is 14.9. The molecule has 3 N–H and O–H groups in total. The smallest absolute Gasteiger partial charge is 0.425 e. The second-order valence-electron chi connectivity index (χ2n) is 14.7. The fraction of sp³-hybridized carbons (Fsp3) is 0.538. The normalized spacial score (nSPS) is 18.9. The van der Waals surface area contributed by atoms with Crippen molar-refractivity contribution in [3.8, 4) is 11.5 Å². The highest BCUT2D eigenvalue weighted by Gasteiger charge is 2.55. The highest BCUT2D eigenvalue weighted by atomic mass is 32.1. The number of piperidine rings is 1. The molecule has 3 heterocycles. The van der Waals surface area contributed by atoms with E-state index in [4.69, 9.17) is 15.2 Å².